The van der Waals surface area contributed by atoms with E-state index in [2.05, 4.69) is 10.3 Å². The predicted octanol–water partition coefficient (Wildman–Crippen LogP) is 2.51. The molecule has 0 spiro atoms. The van der Waals surface area contributed by atoms with Gasteiger partial charge in [0, 0.05) is 11.6 Å². The van der Waals surface area contributed by atoms with Gasteiger partial charge in [0.1, 0.15) is 5.82 Å². The SMILES string of the molecule is Nc1cc(NCc2ccc(Cl)cc2)cnc1N. The Morgan fingerprint density at radius 2 is 1.88 bits per heavy atom. The summed E-state index contributed by atoms with van der Waals surface area (Å²) in [6.07, 6.45) is 1.65. The van der Waals surface area contributed by atoms with Gasteiger partial charge in [0.15, 0.2) is 0 Å². The van der Waals surface area contributed by atoms with Crippen molar-refractivity contribution in [3.8, 4) is 0 Å². The second-order valence-corrected chi connectivity index (χ2v) is 4.11. The van der Waals surface area contributed by atoms with E-state index in [1.165, 1.54) is 0 Å². The fourth-order valence-electron chi connectivity index (χ4n) is 1.40. The third-order valence-electron chi connectivity index (χ3n) is 2.36. The first kappa shape index (κ1) is 11.5. The van der Waals surface area contributed by atoms with Gasteiger partial charge in [-0.3, -0.25) is 0 Å². The van der Waals surface area contributed by atoms with Gasteiger partial charge < -0.3 is 16.8 Å². The molecule has 2 aromatic rings. The standard InChI is InChI=1S/C12H13ClN4/c13-9-3-1-8(2-4-9)6-16-10-5-11(14)12(15)17-7-10/h1-5,7,16H,6,14H2,(H2,15,17). The van der Waals surface area contributed by atoms with Crippen molar-refractivity contribution in [2.75, 3.05) is 16.8 Å². The first-order chi connectivity index (χ1) is 8.15. The van der Waals surface area contributed by atoms with Gasteiger partial charge in [-0.05, 0) is 23.8 Å². The van der Waals surface area contributed by atoms with E-state index in [4.69, 9.17) is 23.1 Å². The molecule has 0 aliphatic heterocycles. The summed E-state index contributed by atoms with van der Waals surface area (Å²) in [5.74, 6) is 0.349. The van der Waals surface area contributed by atoms with Gasteiger partial charge in [0.05, 0.1) is 17.6 Å². The molecule has 2 rings (SSSR count). The lowest BCUT2D eigenvalue weighted by Crippen LogP contribution is -2.03. The lowest BCUT2D eigenvalue weighted by Gasteiger charge is -2.07. The lowest BCUT2D eigenvalue weighted by molar-refractivity contribution is 1.14. The molecule has 4 nitrogen and oxygen atoms in total. The molecule has 1 aromatic heterocycles. The molecule has 0 atom stereocenters. The molecule has 0 aliphatic rings. The third-order valence-corrected chi connectivity index (χ3v) is 2.61. The van der Waals surface area contributed by atoms with Crippen LogP contribution in [0.15, 0.2) is 36.5 Å². The zero-order chi connectivity index (χ0) is 12.3. The van der Waals surface area contributed by atoms with Gasteiger partial charge >= 0.3 is 0 Å². The van der Waals surface area contributed by atoms with Crippen molar-refractivity contribution in [1.29, 1.82) is 0 Å². The van der Waals surface area contributed by atoms with E-state index in [9.17, 15) is 0 Å². The van der Waals surface area contributed by atoms with E-state index in [1.807, 2.05) is 24.3 Å². The Morgan fingerprint density at radius 3 is 2.53 bits per heavy atom. The van der Waals surface area contributed by atoms with Crippen LogP contribution in [0, 0.1) is 0 Å². The van der Waals surface area contributed by atoms with Gasteiger partial charge in [0.2, 0.25) is 0 Å². The maximum absolute atomic E-state index is 5.81. The van der Waals surface area contributed by atoms with E-state index in [0.29, 0.717) is 18.1 Å². The Kier molecular flexibility index (Phi) is 3.35. The zero-order valence-electron chi connectivity index (χ0n) is 9.15. The van der Waals surface area contributed by atoms with E-state index < -0.39 is 0 Å². The monoisotopic (exact) mass is 248 g/mol. The van der Waals surface area contributed by atoms with Gasteiger partial charge in [-0.25, -0.2) is 4.98 Å². The average Bonchev–Trinajstić information content (AvgIpc) is 2.33. The molecule has 17 heavy (non-hydrogen) atoms. The second-order valence-electron chi connectivity index (χ2n) is 3.68. The number of nitrogens with zero attached hydrogens (tertiary/aromatic N) is 1. The Labute approximate surface area is 105 Å². The highest BCUT2D eigenvalue weighted by Crippen LogP contribution is 2.17. The highest BCUT2D eigenvalue weighted by Gasteiger charge is 1.99. The predicted molar refractivity (Wildman–Crippen MR) is 71.8 cm³/mol. The van der Waals surface area contributed by atoms with Gasteiger partial charge in [0.25, 0.3) is 0 Å². The van der Waals surface area contributed by atoms with Crippen LogP contribution in [0.1, 0.15) is 5.56 Å². The Hall–Kier alpha value is -1.94. The minimum absolute atomic E-state index is 0.349. The highest BCUT2D eigenvalue weighted by molar-refractivity contribution is 6.30. The number of halogens is 1. The van der Waals surface area contributed by atoms with E-state index >= 15 is 0 Å². The molecule has 1 aromatic carbocycles. The second kappa shape index (κ2) is 4.93. The smallest absolute Gasteiger partial charge is 0.146 e. The van der Waals surface area contributed by atoms with Gasteiger partial charge in [-0.2, -0.15) is 0 Å². The molecule has 1 heterocycles. The maximum atomic E-state index is 5.81. The van der Waals surface area contributed by atoms with Crippen LogP contribution in [0.2, 0.25) is 5.02 Å². The summed E-state index contributed by atoms with van der Waals surface area (Å²) in [7, 11) is 0. The summed E-state index contributed by atoms with van der Waals surface area (Å²) >= 11 is 5.81. The van der Waals surface area contributed by atoms with Crippen molar-refractivity contribution in [3.05, 3.63) is 47.1 Å². The Morgan fingerprint density at radius 1 is 1.18 bits per heavy atom. The summed E-state index contributed by atoms with van der Waals surface area (Å²) in [5, 5.41) is 3.94. The fraction of sp³-hybridized carbons (Fsp3) is 0.0833. The van der Waals surface area contributed by atoms with Crippen LogP contribution in [-0.2, 0) is 6.54 Å². The van der Waals surface area contributed by atoms with Crippen molar-refractivity contribution in [2.24, 2.45) is 0 Å². The number of benzene rings is 1. The fourth-order valence-corrected chi connectivity index (χ4v) is 1.52. The molecule has 0 saturated heterocycles. The molecular weight excluding hydrogens is 236 g/mol. The van der Waals surface area contributed by atoms with Crippen LogP contribution < -0.4 is 16.8 Å². The number of hydrogen-bond donors (Lipinski definition) is 3. The van der Waals surface area contributed by atoms with Gasteiger partial charge in [-0.1, -0.05) is 23.7 Å². The molecule has 0 radical (unpaired) electrons. The van der Waals surface area contributed by atoms with Crippen molar-refractivity contribution >= 4 is 28.8 Å². The van der Waals surface area contributed by atoms with Gasteiger partial charge in [-0.15, -0.1) is 0 Å². The first-order valence-electron chi connectivity index (χ1n) is 5.14. The van der Waals surface area contributed by atoms with E-state index in [1.54, 1.807) is 12.3 Å². The molecule has 0 amide bonds. The molecule has 88 valence electrons. The van der Waals surface area contributed by atoms with Crippen LogP contribution in [-0.4, -0.2) is 4.98 Å². The maximum Gasteiger partial charge on any atom is 0.146 e. The highest BCUT2D eigenvalue weighted by atomic mass is 35.5. The van der Waals surface area contributed by atoms with Crippen LogP contribution in [0.3, 0.4) is 0 Å². The quantitative estimate of drug-likeness (QED) is 0.780. The number of anilines is 3. The molecule has 0 aliphatic carbocycles. The van der Waals surface area contributed by atoms with Crippen molar-refractivity contribution in [3.63, 3.8) is 0 Å². The summed E-state index contributed by atoms with van der Waals surface area (Å²) in [4.78, 5) is 3.97. The molecular formula is C12H13ClN4. The van der Waals surface area contributed by atoms with Crippen molar-refractivity contribution in [2.45, 2.75) is 6.54 Å². The number of nitrogens with two attached hydrogens (primary N) is 2. The largest absolute Gasteiger partial charge is 0.396 e. The number of nitrogen functional groups attached to an aromatic ring is 2. The average molecular weight is 249 g/mol. The molecule has 0 unspecified atom stereocenters. The molecule has 0 fully saturated rings. The lowest BCUT2D eigenvalue weighted by atomic mass is 10.2. The van der Waals surface area contributed by atoms with Crippen molar-refractivity contribution < 1.29 is 0 Å². The summed E-state index contributed by atoms with van der Waals surface area (Å²) in [5.41, 5.74) is 13.6. The van der Waals surface area contributed by atoms with E-state index in [-0.39, 0.29) is 0 Å². The minimum Gasteiger partial charge on any atom is -0.396 e. The minimum atomic E-state index is 0.349. The normalized spacial score (nSPS) is 10.2. The van der Waals surface area contributed by atoms with Crippen molar-refractivity contribution in [1.82, 2.24) is 4.98 Å². The van der Waals surface area contributed by atoms with Crippen LogP contribution in [0.4, 0.5) is 17.2 Å². The zero-order valence-corrected chi connectivity index (χ0v) is 9.91. The summed E-state index contributed by atoms with van der Waals surface area (Å²) < 4.78 is 0. The Bertz CT molecular complexity index is 510. The number of nitrogens with one attached hydrogen (secondary N) is 1. The molecule has 0 bridgehead atoms. The van der Waals surface area contributed by atoms with Crippen LogP contribution >= 0.6 is 11.6 Å². The molecule has 0 saturated carbocycles. The summed E-state index contributed by atoms with van der Waals surface area (Å²) in [6, 6.07) is 9.40. The molecule has 5 N–H and O–H groups in total. The topological polar surface area (TPSA) is 77.0 Å². The number of hydrogen-bond acceptors (Lipinski definition) is 4. The number of aromatic nitrogens is 1. The van der Waals surface area contributed by atoms with Crippen LogP contribution in [0.5, 0.6) is 0 Å². The first-order valence-corrected chi connectivity index (χ1v) is 5.52. The number of pyridine rings is 1. The molecule has 5 heteroatoms. The summed E-state index contributed by atoms with van der Waals surface area (Å²) in [6.45, 7) is 0.683. The number of rotatable bonds is 3. The van der Waals surface area contributed by atoms with Crippen LogP contribution in [0.25, 0.3) is 0 Å². The third kappa shape index (κ3) is 3.01. The van der Waals surface area contributed by atoms with E-state index in [0.717, 1.165) is 16.3 Å². The Balaban J connectivity index is 2.02.